The molecule has 0 aromatic heterocycles. The fourth-order valence-electron chi connectivity index (χ4n) is 1.68. The van der Waals surface area contributed by atoms with Crippen LogP contribution in [0.3, 0.4) is 0 Å². The summed E-state index contributed by atoms with van der Waals surface area (Å²) in [4.78, 5) is 0. The molecule has 0 atom stereocenters. The van der Waals surface area contributed by atoms with Crippen LogP contribution in [0.2, 0.25) is 0 Å². The highest BCUT2D eigenvalue weighted by molar-refractivity contribution is 7.41. The summed E-state index contributed by atoms with van der Waals surface area (Å²) in [5, 5.41) is 0. The Morgan fingerprint density at radius 3 is 1.62 bits per heavy atom. The van der Waals surface area contributed by atoms with Gasteiger partial charge in [0.05, 0.1) is 19.8 Å². The minimum absolute atomic E-state index is 0.505. The summed E-state index contributed by atoms with van der Waals surface area (Å²) < 4.78 is 17.2. The minimum atomic E-state index is -1.31. The molecule has 2 aromatic carbocycles. The summed E-state index contributed by atoms with van der Waals surface area (Å²) in [5.74, 6) is 0. The van der Waals surface area contributed by atoms with Crippen LogP contribution in [0.15, 0.2) is 60.7 Å². The lowest BCUT2D eigenvalue weighted by molar-refractivity contribution is 0.149. The molecule has 21 heavy (non-hydrogen) atoms. The molecule has 2 rings (SSSR count). The second kappa shape index (κ2) is 9.64. The Morgan fingerprint density at radius 2 is 1.19 bits per heavy atom. The van der Waals surface area contributed by atoms with Crippen LogP contribution in [0, 0.1) is 0 Å². The zero-order valence-electron chi connectivity index (χ0n) is 12.3. The second-order valence-electron chi connectivity index (χ2n) is 4.57. The molecule has 0 amide bonds. The Bertz CT molecular complexity index is 446. The van der Waals surface area contributed by atoms with Crippen LogP contribution in [-0.2, 0) is 26.8 Å². The zero-order chi connectivity index (χ0) is 14.8. The van der Waals surface area contributed by atoms with Crippen molar-refractivity contribution in [3.8, 4) is 0 Å². The topological polar surface area (TPSA) is 27.7 Å². The molecule has 0 spiro atoms. The van der Waals surface area contributed by atoms with Crippen LogP contribution in [0.25, 0.3) is 0 Å². The molecular formula is C17H21O3P. The third-order valence-corrected chi connectivity index (χ3v) is 3.83. The highest BCUT2D eigenvalue weighted by Gasteiger charge is 2.12. The van der Waals surface area contributed by atoms with Gasteiger partial charge >= 0.3 is 8.60 Å². The number of rotatable bonds is 9. The van der Waals surface area contributed by atoms with Crippen LogP contribution in [-0.4, -0.2) is 6.61 Å². The summed E-state index contributed by atoms with van der Waals surface area (Å²) in [5.41, 5.74) is 2.24. The van der Waals surface area contributed by atoms with Crippen molar-refractivity contribution in [3.05, 3.63) is 71.8 Å². The molecule has 2 aromatic rings. The van der Waals surface area contributed by atoms with Crippen molar-refractivity contribution in [1.82, 2.24) is 0 Å². The van der Waals surface area contributed by atoms with E-state index in [0.29, 0.717) is 19.8 Å². The van der Waals surface area contributed by atoms with Crippen molar-refractivity contribution >= 4 is 8.60 Å². The van der Waals surface area contributed by atoms with Crippen molar-refractivity contribution in [2.75, 3.05) is 6.61 Å². The third kappa shape index (κ3) is 6.36. The molecule has 0 bridgehead atoms. The van der Waals surface area contributed by atoms with E-state index in [-0.39, 0.29) is 0 Å². The fourth-order valence-corrected chi connectivity index (χ4v) is 2.74. The molecule has 0 saturated carbocycles. The van der Waals surface area contributed by atoms with Gasteiger partial charge in [-0.15, -0.1) is 0 Å². The van der Waals surface area contributed by atoms with E-state index in [9.17, 15) is 0 Å². The van der Waals surface area contributed by atoms with E-state index in [1.165, 1.54) is 0 Å². The van der Waals surface area contributed by atoms with E-state index in [2.05, 4.69) is 6.92 Å². The maximum absolute atomic E-state index is 5.77. The molecule has 0 N–H and O–H groups in total. The first-order valence-electron chi connectivity index (χ1n) is 7.15. The molecule has 0 unspecified atom stereocenters. The van der Waals surface area contributed by atoms with Gasteiger partial charge in [0.2, 0.25) is 0 Å². The van der Waals surface area contributed by atoms with Crippen LogP contribution in [0.4, 0.5) is 0 Å². The van der Waals surface area contributed by atoms with Crippen LogP contribution >= 0.6 is 8.60 Å². The highest BCUT2D eigenvalue weighted by Crippen LogP contribution is 2.41. The standard InChI is InChI=1S/C17H21O3P/c1-2-13-18-21(19-14-16-9-5-3-6-10-16)20-15-17-11-7-4-8-12-17/h3-12H,2,13-15H2,1H3. The monoisotopic (exact) mass is 304 g/mol. The van der Waals surface area contributed by atoms with E-state index in [1.54, 1.807) is 0 Å². The van der Waals surface area contributed by atoms with Crippen LogP contribution in [0.5, 0.6) is 0 Å². The molecule has 3 nitrogen and oxygen atoms in total. The van der Waals surface area contributed by atoms with Crippen LogP contribution in [0.1, 0.15) is 24.5 Å². The van der Waals surface area contributed by atoms with Gasteiger partial charge in [0.1, 0.15) is 0 Å². The summed E-state index contributed by atoms with van der Waals surface area (Å²) >= 11 is 0. The van der Waals surface area contributed by atoms with Crippen molar-refractivity contribution in [1.29, 1.82) is 0 Å². The molecule has 0 aliphatic carbocycles. The first-order valence-corrected chi connectivity index (χ1v) is 8.24. The second-order valence-corrected chi connectivity index (χ2v) is 5.80. The Labute approximate surface area is 127 Å². The molecular weight excluding hydrogens is 283 g/mol. The van der Waals surface area contributed by atoms with E-state index >= 15 is 0 Å². The summed E-state index contributed by atoms with van der Waals surface area (Å²) in [7, 11) is -1.31. The molecule has 0 radical (unpaired) electrons. The van der Waals surface area contributed by atoms with E-state index in [0.717, 1.165) is 17.5 Å². The molecule has 0 saturated heterocycles. The molecule has 0 heterocycles. The maximum Gasteiger partial charge on any atom is 0.333 e. The van der Waals surface area contributed by atoms with Gasteiger partial charge in [-0.25, -0.2) is 0 Å². The molecule has 0 fully saturated rings. The van der Waals surface area contributed by atoms with Crippen LogP contribution < -0.4 is 0 Å². The van der Waals surface area contributed by atoms with Gasteiger partial charge in [0.25, 0.3) is 0 Å². The molecule has 0 aliphatic heterocycles. The summed E-state index contributed by atoms with van der Waals surface area (Å²) in [6, 6.07) is 20.1. The number of hydrogen-bond donors (Lipinski definition) is 0. The fraction of sp³-hybridized carbons (Fsp3) is 0.294. The minimum Gasteiger partial charge on any atom is -0.312 e. The molecule has 112 valence electrons. The number of hydrogen-bond acceptors (Lipinski definition) is 3. The van der Waals surface area contributed by atoms with Gasteiger partial charge in [-0.1, -0.05) is 67.6 Å². The SMILES string of the molecule is CCCOP(OCc1ccccc1)OCc1ccccc1. The van der Waals surface area contributed by atoms with Gasteiger partial charge in [-0.2, -0.15) is 0 Å². The van der Waals surface area contributed by atoms with Crippen molar-refractivity contribution in [2.24, 2.45) is 0 Å². The lowest BCUT2D eigenvalue weighted by Gasteiger charge is -2.16. The first-order chi connectivity index (χ1) is 10.4. The lowest BCUT2D eigenvalue weighted by Crippen LogP contribution is -1.98. The van der Waals surface area contributed by atoms with E-state index in [1.807, 2.05) is 60.7 Å². The predicted octanol–water partition coefficient (Wildman–Crippen LogP) is 5.07. The number of benzene rings is 2. The first kappa shape index (κ1) is 16.1. The van der Waals surface area contributed by atoms with Gasteiger partial charge in [-0.3, -0.25) is 0 Å². The quantitative estimate of drug-likeness (QED) is 0.605. The van der Waals surface area contributed by atoms with Crippen molar-refractivity contribution in [2.45, 2.75) is 26.6 Å². The van der Waals surface area contributed by atoms with Gasteiger partial charge in [0, 0.05) is 0 Å². The summed E-state index contributed by atoms with van der Waals surface area (Å²) in [6.07, 6.45) is 0.947. The molecule has 4 heteroatoms. The van der Waals surface area contributed by atoms with E-state index < -0.39 is 8.60 Å². The average molecular weight is 304 g/mol. The van der Waals surface area contributed by atoms with Crippen molar-refractivity contribution < 1.29 is 13.6 Å². The smallest absolute Gasteiger partial charge is 0.312 e. The molecule has 0 aliphatic rings. The van der Waals surface area contributed by atoms with Crippen molar-refractivity contribution in [3.63, 3.8) is 0 Å². The zero-order valence-corrected chi connectivity index (χ0v) is 13.2. The Hall–Kier alpha value is -1.25. The average Bonchev–Trinajstić information content (AvgIpc) is 2.56. The van der Waals surface area contributed by atoms with Gasteiger partial charge in [-0.05, 0) is 17.5 Å². The Balaban J connectivity index is 1.82. The van der Waals surface area contributed by atoms with Gasteiger partial charge in [0.15, 0.2) is 0 Å². The van der Waals surface area contributed by atoms with Gasteiger partial charge < -0.3 is 13.6 Å². The highest BCUT2D eigenvalue weighted by atomic mass is 31.2. The largest absolute Gasteiger partial charge is 0.333 e. The third-order valence-electron chi connectivity index (χ3n) is 2.76. The predicted molar refractivity (Wildman–Crippen MR) is 85.6 cm³/mol. The Kier molecular flexibility index (Phi) is 7.41. The van der Waals surface area contributed by atoms with E-state index in [4.69, 9.17) is 13.6 Å². The lowest BCUT2D eigenvalue weighted by atomic mass is 10.2. The normalized spacial score (nSPS) is 11.0. The Morgan fingerprint density at radius 1 is 0.714 bits per heavy atom. The summed E-state index contributed by atoms with van der Waals surface area (Å²) in [6.45, 7) is 3.73. The maximum atomic E-state index is 5.77.